The number of rotatable bonds is 5. The van der Waals surface area contributed by atoms with Gasteiger partial charge in [-0.15, -0.1) is 0 Å². The molecule has 0 aliphatic rings. The lowest BCUT2D eigenvalue weighted by atomic mass is 10.1. The largest absolute Gasteiger partial charge is 0.361 e. The predicted octanol–water partition coefficient (Wildman–Crippen LogP) is 4.42. The lowest BCUT2D eigenvalue weighted by molar-refractivity contribution is 0.0959. The van der Waals surface area contributed by atoms with E-state index in [9.17, 15) is 14.4 Å². The molecule has 8 heteroatoms. The maximum atomic E-state index is 14.2. The monoisotopic (exact) mass is 400 g/mol. The molecule has 0 radical (unpaired) electrons. The van der Waals surface area contributed by atoms with Crippen LogP contribution in [0.15, 0.2) is 60.8 Å². The number of H-pyrrole nitrogens is 1. The number of nitrogens with one attached hydrogen (secondary N) is 4. The van der Waals surface area contributed by atoms with Gasteiger partial charge < -0.3 is 20.9 Å². The van der Waals surface area contributed by atoms with Crippen LogP contribution in [0.2, 0.25) is 0 Å². The Hall–Kier alpha value is -4.38. The summed E-state index contributed by atoms with van der Waals surface area (Å²) < 4.78 is 14.2. The number of halogens is 1. The third-order valence-corrected chi connectivity index (χ3v) is 4.50. The number of hydrogen-bond acceptors (Lipinski definition) is 5. The molecule has 0 fully saturated rings. The van der Waals surface area contributed by atoms with Gasteiger partial charge in [-0.25, -0.2) is 9.37 Å². The van der Waals surface area contributed by atoms with Gasteiger partial charge in [-0.1, -0.05) is 6.07 Å². The number of hydrogen-bond donors (Lipinski definition) is 4. The summed E-state index contributed by atoms with van der Waals surface area (Å²) in [4.78, 5) is 19.1. The molecule has 0 atom stereocenters. The first-order valence-electron chi connectivity index (χ1n) is 9.11. The molecule has 0 saturated heterocycles. The third-order valence-electron chi connectivity index (χ3n) is 4.50. The smallest absolute Gasteiger partial charge is 0.253 e. The number of fused-ring (bicyclic) bond motifs is 1. The number of aromatic amines is 1. The number of anilines is 4. The van der Waals surface area contributed by atoms with Crippen LogP contribution in [-0.4, -0.2) is 22.9 Å². The van der Waals surface area contributed by atoms with E-state index in [0.717, 1.165) is 16.6 Å². The Morgan fingerprint density at radius 3 is 2.60 bits per heavy atom. The molecule has 4 aromatic rings. The molecule has 0 aliphatic carbocycles. The lowest BCUT2D eigenvalue weighted by Gasteiger charge is -2.11. The highest BCUT2D eigenvalue weighted by Crippen LogP contribution is 2.25. The zero-order valence-corrected chi connectivity index (χ0v) is 16.0. The second-order valence-electron chi connectivity index (χ2n) is 6.54. The number of nitrogens with zero attached hydrogens (tertiary/aromatic N) is 2. The van der Waals surface area contributed by atoms with Crippen LogP contribution in [0.4, 0.5) is 27.3 Å². The Morgan fingerprint density at radius 2 is 1.83 bits per heavy atom. The van der Waals surface area contributed by atoms with Gasteiger partial charge in [-0.3, -0.25) is 4.79 Å². The normalized spacial score (nSPS) is 10.4. The van der Waals surface area contributed by atoms with Gasteiger partial charge >= 0.3 is 0 Å². The molecule has 2 aromatic carbocycles. The molecule has 148 valence electrons. The fourth-order valence-corrected chi connectivity index (χ4v) is 3.08. The van der Waals surface area contributed by atoms with Crippen LogP contribution in [0.25, 0.3) is 10.9 Å². The Kier molecular flexibility index (Phi) is 5.01. The van der Waals surface area contributed by atoms with Gasteiger partial charge in [0.2, 0.25) is 0 Å². The number of amides is 1. The standard InChI is InChI=1S/C22H17FN6O/c1-25-22(30)18-5-4-14(9-19(18)23)27-16-8-17(12-24)29-21(11-16)28-15-3-2-13-6-7-26-20(13)10-15/h2-11,26H,1H3,(H,25,30)(H2,27,28,29). The van der Waals surface area contributed by atoms with Crippen molar-refractivity contribution in [2.24, 2.45) is 0 Å². The van der Waals surface area contributed by atoms with E-state index in [1.54, 1.807) is 18.2 Å². The van der Waals surface area contributed by atoms with Crippen molar-refractivity contribution in [3.05, 3.63) is 77.9 Å². The number of carbonyl (C=O) groups excluding carboxylic acids is 1. The van der Waals surface area contributed by atoms with Gasteiger partial charge in [0.1, 0.15) is 23.4 Å². The molecular weight excluding hydrogens is 383 g/mol. The van der Waals surface area contributed by atoms with Crippen molar-refractivity contribution in [2.45, 2.75) is 0 Å². The van der Waals surface area contributed by atoms with E-state index in [0.29, 0.717) is 17.2 Å². The van der Waals surface area contributed by atoms with Gasteiger partial charge in [-0.05, 0) is 47.9 Å². The summed E-state index contributed by atoms with van der Waals surface area (Å²) in [5, 5.41) is 19.0. The fraction of sp³-hybridized carbons (Fsp3) is 0.0455. The average molecular weight is 400 g/mol. The molecular formula is C22H17FN6O. The minimum Gasteiger partial charge on any atom is -0.361 e. The van der Waals surface area contributed by atoms with Crippen LogP contribution in [0.3, 0.4) is 0 Å². The van der Waals surface area contributed by atoms with Gasteiger partial charge in [0, 0.05) is 41.9 Å². The lowest BCUT2D eigenvalue weighted by Crippen LogP contribution is -2.19. The maximum absolute atomic E-state index is 14.2. The van der Waals surface area contributed by atoms with Crippen molar-refractivity contribution in [1.82, 2.24) is 15.3 Å². The molecule has 0 aliphatic heterocycles. The summed E-state index contributed by atoms with van der Waals surface area (Å²) in [6, 6.07) is 17.3. The van der Waals surface area contributed by atoms with E-state index in [-0.39, 0.29) is 11.3 Å². The van der Waals surface area contributed by atoms with Crippen LogP contribution >= 0.6 is 0 Å². The SMILES string of the molecule is CNC(=O)c1ccc(Nc2cc(C#N)nc(Nc3ccc4cc[nH]c4c3)c2)cc1F. The van der Waals surface area contributed by atoms with Crippen molar-refractivity contribution >= 4 is 39.7 Å². The van der Waals surface area contributed by atoms with Gasteiger partial charge in [-0.2, -0.15) is 5.26 Å². The van der Waals surface area contributed by atoms with Crippen molar-refractivity contribution in [1.29, 1.82) is 5.26 Å². The minimum absolute atomic E-state index is 0.0439. The van der Waals surface area contributed by atoms with E-state index < -0.39 is 11.7 Å². The van der Waals surface area contributed by atoms with Crippen molar-refractivity contribution in [3.63, 3.8) is 0 Å². The highest BCUT2D eigenvalue weighted by atomic mass is 19.1. The van der Waals surface area contributed by atoms with Gasteiger partial charge in [0.25, 0.3) is 5.91 Å². The molecule has 2 aromatic heterocycles. The summed E-state index contributed by atoms with van der Waals surface area (Å²) in [7, 11) is 1.44. The summed E-state index contributed by atoms with van der Waals surface area (Å²) in [6.07, 6.45) is 1.86. The summed E-state index contributed by atoms with van der Waals surface area (Å²) in [5.41, 5.74) is 2.93. The van der Waals surface area contributed by atoms with Crippen molar-refractivity contribution in [3.8, 4) is 6.07 Å². The highest BCUT2D eigenvalue weighted by Gasteiger charge is 2.11. The minimum atomic E-state index is -0.647. The first-order chi connectivity index (χ1) is 14.6. The Labute approximate surface area is 171 Å². The zero-order valence-electron chi connectivity index (χ0n) is 16.0. The molecule has 4 rings (SSSR count). The van der Waals surface area contributed by atoms with Crippen LogP contribution in [0, 0.1) is 17.1 Å². The molecule has 7 nitrogen and oxygen atoms in total. The first kappa shape index (κ1) is 19.0. The summed E-state index contributed by atoms with van der Waals surface area (Å²) in [5.74, 6) is -0.684. The molecule has 2 heterocycles. The third kappa shape index (κ3) is 3.91. The summed E-state index contributed by atoms with van der Waals surface area (Å²) in [6.45, 7) is 0. The zero-order chi connectivity index (χ0) is 21.1. The number of carbonyl (C=O) groups is 1. The predicted molar refractivity (Wildman–Crippen MR) is 114 cm³/mol. The van der Waals surface area contributed by atoms with E-state index >= 15 is 0 Å². The van der Waals surface area contributed by atoms with Crippen LogP contribution < -0.4 is 16.0 Å². The molecule has 4 N–H and O–H groups in total. The van der Waals surface area contributed by atoms with Crippen molar-refractivity contribution in [2.75, 3.05) is 17.7 Å². The number of pyridine rings is 1. The van der Waals surface area contributed by atoms with Crippen molar-refractivity contribution < 1.29 is 9.18 Å². The highest BCUT2D eigenvalue weighted by molar-refractivity contribution is 5.94. The average Bonchev–Trinajstić information content (AvgIpc) is 3.21. The van der Waals surface area contributed by atoms with E-state index in [4.69, 9.17) is 0 Å². The van der Waals surface area contributed by atoms with Crippen LogP contribution in [-0.2, 0) is 0 Å². The quantitative estimate of drug-likeness (QED) is 0.397. The number of benzene rings is 2. The molecule has 1 amide bonds. The Bertz CT molecular complexity index is 1290. The molecule has 30 heavy (non-hydrogen) atoms. The molecule has 0 bridgehead atoms. The molecule has 0 saturated carbocycles. The molecule has 0 spiro atoms. The van der Waals surface area contributed by atoms with Crippen LogP contribution in [0.5, 0.6) is 0 Å². The topological polar surface area (TPSA) is 106 Å². The number of aromatic nitrogens is 2. The Morgan fingerprint density at radius 1 is 1.03 bits per heavy atom. The van der Waals surface area contributed by atoms with Gasteiger partial charge in [0.05, 0.1) is 5.56 Å². The fourth-order valence-electron chi connectivity index (χ4n) is 3.08. The second kappa shape index (κ2) is 7.93. The van der Waals surface area contributed by atoms with E-state index in [1.165, 1.54) is 19.2 Å². The second-order valence-corrected chi connectivity index (χ2v) is 6.54. The van der Waals surface area contributed by atoms with Gasteiger partial charge in [0.15, 0.2) is 0 Å². The molecule has 0 unspecified atom stereocenters. The Balaban J connectivity index is 1.60. The first-order valence-corrected chi connectivity index (χ1v) is 9.11. The summed E-state index contributed by atoms with van der Waals surface area (Å²) >= 11 is 0. The number of nitriles is 1. The maximum Gasteiger partial charge on any atom is 0.253 e. The van der Waals surface area contributed by atoms with E-state index in [1.807, 2.05) is 36.5 Å². The van der Waals surface area contributed by atoms with Crippen LogP contribution in [0.1, 0.15) is 16.1 Å². The van der Waals surface area contributed by atoms with E-state index in [2.05, 4.69) is 25.9 Å².